The fourth-order valence-electron chi connectivity index (χ4n) is 6.71. The van der Waals surface area contributed by atoms with Crippen molar-refractivity contribution in [1.29, 1.82) is 0 Å². The molecule has 0 unspecified atom stereocenters. The fourth-order valence-corrected chi connectivity index (χ4v) is 6.71. The molecule has 3 aromatic rings. The van der Waals surface area contributed by atoms with Crippen LogP contribution in [0.25, 0.3) is 11.1 Å². The number of ether oxygens (including phenoxy) is 2. The number of aryl methyl sites for hydroxylation is 1. The SMILES string of the molecule is COc1ccc(F)c(-c2c(F)cc(COc3ccc4c(c3)[C@@](C)(CC(=O)O)CC4)cc2[C@H]2CCCC2(C)C)c1. The zero-order chi connectivity index (χ0) is 27.9. The van der Waals surface area contributed by atoms with Crippen molar-refractivity contribution in [3.05, 3.63) is 82.4 Å². The molecule has 2 aliphatic carbocycles. The van der Waals surface area contributed by atoms with Crippen molar-refractivity contribution >= 4 is 5.97 Å². The van der Waals surface area contributed by atoms with Crippen molar-refractivity contribution in [2.45, 2.75) is 77.2 Å². The Hall–Kier alpha value is -3.41. The van der Waals surface area contributed by atoms with Crippen molar-refractivity contribution in [2.75, 3.05) is 7.11 Å². The summed E-state index contributed by atoms with van der Waals surface area (Å²) >= 11 is 0. The number of hydrogen-bond acceptors (Lipinski definition) is 3. The van der Waals surface area contributed by atoms with Crippen molar-refractivity contribution in [3.63, 3.8) is 0 Å². The second-order valence-corrected chi connectivity index (χ2v) is 12.1. The highest BCUT2D eigenvalue weighted by molar-refractivity contribution is 5.72. The average Bonchev–Trinajstić information content (AvgIpc) is 3.40. The normalized spacial score (nSPS) is 21.5. The third-order valence-corrected chi connectivity index (χ3v) is 8.88. The first kappa shape index (κ1) is 27.2. The summed E-state index contributed by atoms with van der Waals surface area (Å²) in [5.74, 6) is -0.617. The molecule has 206 valence electrons. The maximum absolute atomic E-state index is 15.9. The van der Waals surface area contributed by atoms with Gasteiger partial charge in [-0.2, -0.15) is 0 Å². The Morgan fingerprint density at radius 1 is 1.00 bits per heavy atom. The minimum atomic E-state index is -0.818. The highest BCUT2D eigenvalue weighted by Gasteiger charge is 2.38. The van der Waals surface area contributed by atoms with Crippen LogP contribution in [-0.2, 0) is 23.2 Å². The Balaban J connectivity index is 1.50. The van der Waals surface area contributed by atoms with Crippen molar-refractivity contribution < 1.29 is 28.2 Å². The van der Waals surface area contributed by atoms with Crippen LogP contribution in [0.5, 0.6) is 11.5 Å². The van der Waals surface area contributed by atoms with E-state index < -0.39 is 23.0 Å². The minimum Gasteiger partial charge on any atom is -0.497 e. The summed E-state index contributed by atoms with van der Waals surface area (Å²) in [5, 5.41) is 9.42. The highest BCUT2D eigenvalue weighted by Crippen LogP contribution is 2.52. The maximum atomic E-state index is 15.9. The number of carbonyl (C=O) groups is 1. The van der Waals surface area contributed by atoms with Gasteiger partial charge >= 0.3 is 5.97 Å². The van der Waals surface area contributed by atoms with Crippen LogP contribution in [0.2, 0.25) is 0 Å². The van der Waals surface area contributed by atoms with E-state index >= 15 is 8.78 Å². The lowest BCUT2D eigenvalue weighted by Gasteiger charge is -2.30. The molecule has 1 saturated carbocycles. The number of methoxy groups -OCH3 is 1. The molecule has 0 heterocycles. The topological polar surface area (TPSA) is 55.8 Å². The van der Waals surface area contributed by atoms with Gasteiger partial charge in [-0.05, 0) is 95.7 Å². The Morgan fingerprint density at radius 2 is 1.77 bits per heavy atom. The van der Waals surface area contributed by atoms with Crippen LogP contribution in [0, 0.1) is 17.0 Å². The van der Waals surface area contributed by atoms with Crippen molar-refractivity contribution in [2.24, 2.45) is 5.41 Å². The zero-order valence-electron chi connectivity index (χ0n) is 23.1. The van der Waals surface area contributed by atoms with Crippen LogP contribution in [0.3, 0.4) is 0 Å². The molecule has 0 bridgehead atoms. The van der Waals surface area contributed by atoms with E-state index in [4.69, 9.17) is 9.47 Å². The van der Waals surface area contributed by atoms with E-state index in [9.17, 15) is 9.90 Å². The molecule has 3 aromatic carbocycles. The van der Waals surface area contributed by atoms with Gasteiger partial charge in [0.15, 0.2) is 0 Å². The van der Waals surface area contributed by atoms with E-state index in [0.29, 0.717) is 17.1 Å². The molecule has 2 atom stereocenters. The predicted molar refractivity (Wildman–Crippen MR) is 147 cm³/mol. The molecule has 0 aliphatic heterocycles. The lowest BCUT2D eigenvalue weighted by Crippen LogP contribution is -2.22. The first-order valence-electron chi connectivity index (χ1n) is 13.6. The number of rotatable bonds is 8. The molecule has 1 N–H and O–H groups in total. The second kappa shape index (κ2) is 10.3. The van der Waals surface area contributed by atoms with Crippen LogP contribution in [0.15, 0.2) is 48.5 Å². The van der Waals surface area contributed by atoms with E-state index in [1.807, 2.05) is 31.2 Å². The number of benzene rings is 3. The largest absolute Gasteiger partial charge is 0.497 e. The smallest absolute Gasteiger partial charge is 0.304 e. The number of carboxylic acid groups (broad SMARTS) is 1. The molecule has 0 radical (unpaired) electrons. The van der Waals surface area contributed by atoms with Crippen molar-refractivity contribution in [3.8, 4) is 22.6 Å². The summed E-state index contributed by atoms with van der Waals surface area (Å²) in [7, 11) is 1.51. The van der Waals surface area contributed by atoms with Gasteiger partial charge in [0, 0.05) is 16.5 Å². The molecule has 5 rings (SSSR count). The lowest BCUT2D eigenvalue weighted by molar-refractivity contribution is -0.138. The predicted octanol–water partition coefficient (Wildman–Crippen LogP) is 8.19. The summed E-state index contributed by atoms with van der Waals surface area (Å²) < 4.78 is 42.4. The van der Waals surface area contributed by atoms with Gasteiger partial charge in [0.2, 0.25) is 0 Å². The van der Waals surface area contributed by atoms with Crippen LogP contribution in [-0.4, -0.2) is 18.2 Å². The zero-order valence-corrected chi connectivity index (χ0v) is 23.1. The third kappa shape index (κ3) is 5.26. The quantitative estimate of drug-likeness (QED) is 0.317. The molecule has 39 heavy (non-hydrogen) atoms. The average molecular weight is 535 g/mol. The first-order chi connectivity index (χ1) is 18.5. The second-order valence-electron chi connectivity index (χ2n) is 12.1. The summed E-state index contributed by atoms with van der Waals surface area (Å²) in [6.45, 7) is 6.51. The van der Waals surface area contributed by atoms with E-state index in [-0.39, 0.29) is 35.5 Å². The van der Waals surface area contributed by atoms with E-state index in [1.165, 1.54) is 25.3 Å². The van der Waals surface area contributed by atoms with E-state index in [1.54, 1.807) is 6.07 Å². The molecule has 0 spiro atoms. The molecule has 1 fully saturated rings. The molecular formula is C33H36F2O4. The van der Waals surface area contributed by atoms with Gasteiger partial charge in [-0.1, -0.05) is 39.3 Å². The Kier molecular flexibility index (Phi) is 7.17. The van der Waals surface area contributed by atoms with Crippen LogP contribution in [0.4, 0.5) is 8.78 Å². The summed E-state index contributed by atoms with van der Waals surface area (Å²) in [6, 6.07) is 13.6. The molecular weight excluding hydrogens is 498 g/mol. The van der Waals surface area contributed by atoms with Crippen LogP contribution < -0.4 is 9.47 Å². The van der Waals surface area contributed by atoms with Gasteiger partial charge < -0.3 is 14.6 Å². The van der Waals surface area contributed by atoms with Gasteiger partial charge in [-0.15, -0.1) is 0 Å². The van der Waals surface area contributed by atoms with Crippen LogP contribution >= 0.6 is 0 Å². The van der Waals surface area contributed by atoms with Crippen LogP contribution in [0.1, 0.15) is 81.0 Å². The molecule has 6 heteroatoms. The number of carboxylic acids is 1. The summed E-state index contributed by atoms with van der Waals surface area (Å²) in [4.78, 5) is 11.5. The fraction of sp³-hybridized carbons (Fsp3) is 0.424. The monoisotopic (exact) mass is 534 g/mol. The van der Waals surface area contributed by atoms with Gasteiger partial charge in [0.25, 0.3) is 0 Å². The Bertz CT molecular complexity index is 1410. The lowest BCUT2D eigenvalue weighted by atomic mass is 9.75. The minimum absolute atomic E-state index is 0.0510. The summed E-state index contributed by atoms with van der Waals surface area (Å²) in [6.07, 6.45) is 4.65. The molecule has 4 nitrogen and oxygen atoms in total. The number of aliphatic carboxylic acids is 1. The highest BCUT2D eigenvalue weighted by atomic mass is 19.1. The maximum Gasteiger partial charge on any atom is 0.304 e. The van der Waals surface area contributed by atoms with Gasteiger partial charge in [0.05, 0.1) is 13.5 Å². The summed E-state index contributed by atoms with van der Waals surface area (Å²) in [5.41, 5.74) is 3.63. The van der Waals surface area contributed by atoms with E-state index in [2.05, 4.69) is 13.8 Å². The Labute approximate surface area is 229 Å². The van der Waals surface area contributed by atoms with Gasteiger partial charge in [-0.25, -0.2) is 8.78 Å². The third-order valence-electron chi connectivity index (χ3n) is 8.88. The van der Waals surface area contributed by atoms with Crippen molar-refractivity contribution in [1.82, 2.24) is 0 Å². The molecule has 0 aromatic heterocycles. The number of halogens is 2. The molecule has 0 amide bonds. The number of fused-ring (bicyclic) bond motifs is 1. The van der Waals surface area contributed by atoms with Gasteiger partial charge in [0.1, 0.15) is 29.7 Å². The van der Waals surface area contributed by atoms with E-state index in [0.717, 1.165) is 48.8 Å². The molecule has 2 aliphatic rings. The number of hydrogen-bond donors (Lipinski definition) is 1. The Morgan fingerprint density at radius 3 is 2.46 bits per heavy atom. The standard InChI is InChI=1S/C33H36F2O4/c1-32(2)12-5-6-26(32)24-14-20(15-29(35)31(24)25-16-22(38-4)9-10-28(25)34)19-39-23-8-7-21-11-13-33(3,18-30(36)37)27(21)17-23/h7-10,14-17,26H,5-6,11-13,18-19H2,1-4H3,(H,36,37)/t26-,33-/m1/s1. The first-order valence-corrected chi connectivity index (χ1v) is 13.6. The van der Waals surface area contributed by atoms with Gasteiger partial charge in [-0.3, -0.25) is 4.79 Å². The molecule has 0 saturated heterocycles.